The van der Waals surface area contributed by atoms with E-state index in [9.17, 15) is 4.79 Å². The Morgan fingerprint density at radius 1 is 1.12 bits per heavy atom. The third kappa shape index (κ3) is 3.30. The summed E-state index contributed by atoms with van der Waals surface area (Å²) in [6.45, 7) is 4.41. The number of aliphatic imine (C=N–C) groups is 1. The number of hydrogen-bond donors (Lipinski definition) is 1. The molecule has 122 valence electrons. The highest BCUT2D eigenvalue weighted by Crippen LogP contribution is 2.15. The van der Waals surface area contributed by atoms with Crippen molar-refractivity contribution >= 4 is 11.9 Å². The highest BCUT2D eigenvalue weighted by molar-refractivity contribution is 5.82. The SMILES string of the molecule is CCOc1ccc(-n2[nH]c(C)c(C=Nc3ccccc3)c2=O)cc1. The molecule has 0 saturated carbocycles. The van der Waals surface area contributed by atoms with E-state index < -0.39 is 0 Å². The minimum Gasteiger partial charge on any atom is -0.494 e. The van der Waals surface area contributed by atoms with E-state index >= 15 is 0 Å². The van der Waals surface area contributed by atoms with Crippen LogP contribution < -0.4 is 10.3 Å². The highest BCUT2D eigenvalue weighted by Gasteiger charge is 2.10. The van der Waals surface area contributed by atoms with Crippen molar-refractivity contribution in [3.63, 3.8) is 0 Å². The fourth-order valence-electron chi connectivity index (χ4n) is 2.40. The fraction of sp³-hybridized carbons (Fsp3) is 0.158. The summed E-state index contributed by atoms with van der Waals surface area (Å²) >= 11 is 0. The van der Waals surface area contributed by atoms with Crippen LogP contribution in [0.5, 0.6) is 5.75 Å². The molecule has 0 bridgehead atoms. The van der Waals surface area contributed by atoms with Crippen molar-refractivity contribution in [2.24, 2.45) is 4.99 Å². The summed E-state index contributed by atoms with van der Waals surface area (Å²) in [4.78, 5) is 17.0. The molecule has 2 aromatic carbocycles. The molecule has 3 aromatic rings. The van der Waals surface area contributed by atoms with Crippen LogP contribution >= 0.6 is 0 Å². The molecule has 0 aliphatic rings. The lowest BCUT2D eigenvalue weighted by Gasteiger charge is -2.05. The van der Waals surface area contributed by atoms with Crippen LogP contribution in [0.1, 0.15) is 18.2 Å². The Balaban J connectivity index is 1.92. The summed E-state index contributed by atoms with van der Waals surface area (Å²) in [5.41, 5.74) is 2.76. The predicted octanol–water partition coefficient (Wildman–Crippen LogP) is 3.62. The average Bonchev–Trinajstić information content (AvgIpc) is 2.89. The van der Waals surface area contributed by atoms with Gasteiger partial charge in [0, 0.05) is 11.9 Å². The van der Waals surface area contributed by atoms with Gasteiger partial charge in [0.15, 0.2) is 0 Å². The molecule has 5 nitrogen and oxygen atoms in total. The first-order valence-electron chi connectivity index (χ1n) is 7.83. The zero-order valence-corrected chi connectivity index (χ0v) is 13.7. The highest BCUT2D eigenvalue weighted by atomic mass is 16.5. The van der Waals surface area contributed by atoms with Crippen LogP contribution in [0.3, 0.4) is 0 Å². The van der Waals surface area contributed by atoms with Gasteiger partial charge in [0.2, 0.25) is 0 Å². The monoisotopic (exact) mass is 321 g/mol. The molecule has 0 radical (unpaired) electrons. The quantitative estimate of drug-likeness (QED) is 0.730. The number of H-pyrrole nitrogens is 1. The molecular weight excluding hydrogens is 302 g/mol. The lowest BCUT2D eigenvalue weighted by Crippen LogP contribution is -2.17. The zero-order chi connectivity index (χ0) is 16.9. The maximum Gasteiger partial charge on any atom is 0.280 e. The second kappa shape index (κ2) is 7.00. The van der Waals surface area contributed by atoms with Crippen molar-refractivity contribution in [1.29, 1.82) is 0 Å². The topological polar surface area (TPSA) is 59.4 Å². The maximum atomic E-state index is 12.6. The summed E-state index contributed by atoms with van der Waals surface area (Å²) in [5, 5.41) is 3.09. The smallest absolute Gasteiger partial charge is 0.280 e. The zero-order valence-electron chi connectivity index (χ0n) is 13.7. The van der Waals surface area contributed by atoms with Gasteiger partial charge in [-0.2, -0.15) is 0 Å². The van der Waals surface area contributed by atoms with Gasteiger partial charge in [0.25, 0.3) is 5.56 Å². The molecule has 0 fully saturated rings. The van der Waals surface area contributed by atoms with E-state index in [0.717, 1.165) is 22.8 Å². The maximum absolute atomic E-state index is 12.6. The summed E-state index contributed by atoms with van der Waals surface area (Å²) in [5.74, 6) is 0.781. The Morgan fingerprint density at radius 3 is 2.50 bits per heavy atom. The third-order valence-electron chi connectivity index (χ3n) is 3.62. The van der Waals surface area contributed by atoms with Crippen LogP contribution in [-0.2, 0) is 0 Å². The summed E-state index contributed by atoms with van der Waals surface area (Å²) in [7, 11) is 0. The Kier molecular flexibility index (Phi) is 4.61. The average molecular weight is 321 g/mol. The largest absolute Gasteiger partial charge is 0.494 e. The van der Waals surface area contributed by atoms with Gasteiger partial charge in [0.05, 0.1) is 23.5 Å². The molecular formula is C19H19N3O2. The van der Waals surface area contributed by atoms with E-state index in [1.807, 2.05) is 68.4 Å². The van der Waals surface area contributed by atoms with Crippen LogP contribution in [0, 0.1) is 6.92 Å². The molecule has 0 unspecified atom stereocenters. The van der Waals surface area contributed by atoms with E-state index in [-0.39, 0.29) is 5.56 Å². The number of para-hydroxylation sites is 1. The first-order chi connectivity index (χ1) is 11.7. The van der Waals surface area contributed by atoms with Gasteiger partial charge in [-0.25, -0.2) is 4.68 Å². The van der Waals surface area contributed by atoms with Crippen molar-refractivity contribution in [3.05, 3.63) is 76.2 Å². The molecule has 1 heterocycles. The molecule has 0 amide bonds. The number of rotatable bonds is 5. The first kappa shape index (κ1) is 15.8. The normalized spacial score (nSPS) is 11.1. The Labute approximate surface area is 140 Å². The van der Waals surface area contributed by atoms with Crippen LogP contribution in [-0.4, -0.2) is 22.6 Å². The number of nitrogens with one attached hydrogen (secondary N) is 1. The van der Waals surface area contributed by atoms with Crippen LogP contribution in [0.25, 0.3) is 5.69 Å². The Bertz CT molecular complexity index is 891. The minimum atomic E-state index is -0.128. The van der Waals surface area contributed by atoms with Gasteiger partial charge in [-0.05, 0) is 50.2 Å². The first-order valence-corrected chi connectivity index (χ1v) is 7.83. The van der Waals surface area contributed by atoms with Gasteiger partial charge in [-0.3, -0.25) is 14.9 Å². The van der Waals surface area contributed by atoms with Crippen molar-refractivity contribution in [2.45, 2.75) is 13.8 Å². The standard InChI is InChI=1S/C19H19N3O2/c1-3-24-17-11-9-16(10-12-17)22-19(23)18(14(2)21-22)13-20-15-7-5-4-6-8-15/h4-13,21H,3H2,1-2H3. The summed E-state index contributed by atoms with van der Waals surface area (Å²) in [6.07, 6.45) is 1.61. The van der Waals surface area contributed by atoms with E-state index in [2.05, 4.69) is 10.1 Å². The van der Waals surface area contributed by atoms with Gasteiger partial charge in [-0.1, -0.05) is 18.2 Å². The van der Waals surface area contributed by atoms with Crippen LogP contribution in [0.4, 0.5) is 5.69 Å². The van der Waals surface area contributed by atoms with Crippen LogP contribution in [0.2, 0.25) is 0 Å². The van der Waals surface area contributed by atoms with Crippen molar-refractivity contribution in [1.82, 2.24) is 9.78 Å². The molecule has 1 aromatic heterocycles. The molecule has 0 saturated heterocycles. The predicted molar refractivity (Wildman–Crippen MR) is 96.0 cm³/mol. The minimum absolute atomic E-state index is 0.128. The molecule has 0 atom stereocenters. The van der Waals surface area contributed by atoms with Gasteiger partial charge < -0.3 is 4.74 Å². The fourth-order valence-corrected chi connectivity index (χ4v) is 2.40. The van der Waals surface area contributed by atoms with Gasteiger partial charge in [-0.15, -0.1) is 0 Å². The number of benzene rings is 2. The molecule has 24 heavy (non-hydrogen) atoms. The molecule has 0 spiro atoms. The van der Waals surface area contributed by atoms with Crippen molar-refractivity contribution in [3.8, 4) is 11.4 Å². The molecule has 0 aliphatic carbocycles. The third-order valence-corrected chi connectivity index (χ3v) is 3.62. The number of aromatic amines is 1. The van der Waals surface area contributed by atoms with E-state index in [1.165, 1.54) is 4.68 Å². The van der Waals surface area contributed by atoms with E-state index in [0.29, 0.717) is 12.2 Å². The van der Waals surface area contributed by atoms with E-state index in [1.54, 1.807) is 6.21 Å². The van der Waals surface area contributed by atoms with Crippen molar-refractivity contribution in [2.75, 3.05) is 6.61 Å². The second-order valence-electron chi connectivity index (χ2n) is 5.31. The number of aromatic nitrogens is 2. The van der Waals surface area contributed by atoms with Gasteiger partial charge in [0.1, 0.15) is 5.75 Å². The Hall–Kier alpha value is -3.08. The lowest BCUT2D eigenvalue weighted by atomic mass is 10.2. The molecule has 3 rings (SSSR count). The second-order valence-corrected chi connectivity index (χ2v) is 5.31. The summed E-state index contributed by atoms with van der Waals surface area (Å²) in [6, 6.07) is 16.9. The lowest BCUT2D eigenvalue weighted by molar-refractivity contribution is 0.340. The van der Waals surface area contributed by atoms with Crippen LogP contribution in [0.15, 0.2) is 64.4 Å². The van der Waals surface area contributed by atoms with Crippen molar-refractivity contribution < 1.29 is 4.74 Å². The molecule has 0 aliphatic heterocycles. The molecule has 5 heteroatoms. The number of aryl methyl sites for hydroxylation is 1. The summed E-state index contributed by atoms with van der Waals surface area (Å²) < 4.78 is 6.94. The molecule has 1 N–H and O–H groups in total. The number of ether oxygens (including phenoxy) is 1. The Morgan fingerprint density at radius 2 is 1.83 bits per heavy atom. The number of hydrogen-bond acceptors (Lipinski definition) is 3. The number of nitrogens with zero attached hydrogens (tertiary/aromatic N) is 2. The van der Waals surface area contributed by atoms with Gasteiger partial charge >= 0.3 is 0 Å². The van der Waals surface area contributed by atoms with E-state index in [4.69, 9.17) is 4.74 Å².